The highest BCUT2D eigenvalue weighted by atomic mass is 35.5. The van der Waals surface area contributed by atoms with Gasteiger partial charge in [0.15, 0.2) is 5.75 Å². The fourth-order valence-electron chi connectivity index (χ4n) is 2.07. The van der Waals surface area contributed by atoms with E-state index in [-0.39, 0.29) is 10.6 Å². The van der Waals surface area contributed by atoms with Crippen LogP contribution in [0.1, 0.15) is 19.0 Å². The third-order valence-electron chi connectivity index (χ3n) is 3.09. The molecule has 130 valence electrons. The third-order valence-corrected chi connectivity index (χ3v) is 4.29. The minimum absolute atomic E-state index is 0.131. The highest BCUT2D eigenvalue weighted by Crippen LogP contribution is 2.37. The monoisotopic (exact) mass is 379 g/mol. The predicted molar refractivity (Wildman–Crippen MR) is 84.3 cm³/mol. The van der Waals surface area contributed by atoms with Gasteiger partial charge in [-0.2, -0.15) is 21.6 Å². The van der Waals surface area contributed by atoms with Gasteiger partial charge in [-0.3, -0.25) is 4.98 Å². The van der Waals surface area contributed by atoms with E-state index in [1.54, 1.807) is 18.3 Å². The topological polar surface area (TPSA) is 56.3 Å². The van der Waals surface area contributed by atoms with Gasteiger partial charge in [0.25, 0.3) is 0 Å². The number of rotatable bonds is 5. The minimum Gasteiger partial charge on any atom is -0.375 e. The van der Waals surface area contributed by atoms with E-state index >= 15 is 0 Å². The third kappa shape index (κ3) is 3.99. The van der Waals surface area contributed by atoms with Crippen molar-refractivity contribution in [3.8, 4) is 16.9 Å². The van der Waals surface area contributed by atoms with Crippen molar-refractivity contribution in [3.05, 3.63) is 47.2 Å². The van der Waals surface area contributed by atoms with Crippen LogP contribution in [0.3, 0.4) is 0 Å². The molecular weight excluding hydrogens is 367 g/mol. The lowest BCUT2D eigenvalue weighted by Gasteiger charge is -2.15. The predicted octanol–water partition coefficient (Wildman–Crippen LogP) is 4.58. The molecule has 1 aromatic carbocycles. The van der Waals surface area contributed by atoms with Crippen molar-refractivity contribution in [2.45, 2.75) is 25.3 Å². The molecule has 0 aliphatic heterocycles. The normalized spacial score (nSPS) is 12.2. The molecule has 2 aromatic rings. The number of alkyl halides is 3. The Labute approximate surface area is 142 Å². The van der Waals surface area contributed by atoms with Crippen LogP contribution in [0.5, 0.6) is 5.75 Å². The second-order valence-corrected chi connectivity index (χ2v) is 6.85. The Kier molecular flexibility index (Phi) is 5.39. The molecule has 0 aliphatic rings. The van der Waals surface area contributed by atoms with Gasteiger partial charge in [0, 0.05) is 28.0 Å². The summed E-state index contributed by atoms with van der Waals surface area (Å²) in [5.41, 5.74) is -4.32. The molecule has 1 heterocycles. The van der Waals surface area contributed by atoms with Gasteiger partial charge < -0.3 is 4.18 Å². The Balaban J connectivity index is 2.58. The summed E-state index contributed by atoms with van der Waals surface area (Å²) in [5.74, 6) is -0.456. The Morgan fingerprint density at radius 1 is 1.21 bits per heavy atom. The molecule has 0 aliphatic carbocycles. The van der Waals surface area contributed by atoms with Crippen molar-refractivity contribution in [2.24, 2.45) is 0 Å². The van der Waals surface area contributed by atoms with Crippen LogP contribution in [0.15, 0.2) is 36.5 Å². The van der Waals surface area contributed by atoms with E-state index in [1.807, 2.05) is 6.92 Å². The number of halogens is 4. The van der Waals surface area contributed by atoms with Gasteiger partial charge in [-0.25, -0.2) is 0 Å². The number of benzene rings is 1. The second-order valence-electron chi connectivity index (χ2n) is 4.87. The Bertz CT molecular complexity index is 838. The number of aromatic nitrogens is 1. The number of aryl methyl sites for hydroxylation is 1. The lowest BCUT2D eigenvalue weighted by Crippen LogP contribution is -2.28. The lowest BCUT2D eigenvalue weighted by atomic mass is 10.0. The average molecular weight is 380 g/mol. The minimum atomic E-state index is -5.78. The smallest absolute Gasteiger partial charge is 0.375 e. The van der Waals surface area contributed by atoms with Gasteiger partial charge in [-0.1, -0.05) is 31.0 Å². The SMILES string of the molecule is CCCc1ncccc1-c1cc(Cl)ccc1OS(=O)(=O)C(F)(F)F. The summed E-state index contributed by atoms with van der Waals surface area (Å²) in [7, 11) is -5.78. The van der Waals surface area contributed by atoms with Crippen LogP contribution >= 0.6 is 11.6 Å². The highest BCUT2D eigenvalue weighted by molar-refractivity contribution is 7.88. The molecule has 2 rings (SSSR count). The molecule has 9 heteroatoms. The molecule has 0 saturated carbocycles. The maximum absolute atomic E-state index is 12.6. The largest absolute Gasteiger partial charge is 0.534 e. The summed E-state index contributed by atoms with van der Waals surface area (Å²) in [5, 5.41) is 0.230. The molecule has 0 saturated heterocycles. The Hall–Kier alpha value is -1.80. The van der Waals surface area contributed by atoms with E-state index in [0.29, 0.717) is 17.7 Å². The van der Waals surface area contributed by atoms with E-state index < -0.39 is 21.4 Å². The first kappa shape index (κ1) is 18.5. The van der Waals surface area contributed by atoms with E-state index in [4.69, 9.17) is 11.6 Å². The van der Waals surface area contributed by atoms with E-state index in [1.165, 1.54) is 12.1 Å². The maximum Gasteiger partial charge on any atom is 0.534 e. The zero-order valence-corrected chi connectivity index (χ0v) is 14.0. The summed E-state index contributed by atoms with van der Waals surface area (Å²) in [6, 6.07) is 6.90. The molecular formula is C15H13ClF3NO3S. The summed E-state index contributed by atoms with van der Waals surface area (Å²) < 4.78 is 64.7. The van der Waals surface area contributed by atoms with Crippen LogP contribution in [0, 0.1) is 0 Å². The quantitative estimate of drug-likeness (QED) is 0.563. The van der Waals surface area contributed by atoms with E-state index in [0.717, 1.165) is 12.5 Å². The number of pyridine rings is 1. The van der Waals surface area contributed by atoms with Crippen molar-refractivity contribution in [1.29, 1.82) is 0 Å². The molecule has 0 spiro atoms. The summed E-state index contributed by atoms with van der Waals surface area (Å²) in [6.07, 6.45) is 2.86. The van der Waals surface area contributed by atoms with Crippen molar-refractivity contribution in [2.75, 3.05) is 0 Å². The Morgan fingerprint density at radius 2 is 1.92 bits per heavy atom. The average Bonchev–Trinajstić information content (AvgIpc) is 2.49. The summed E-state index contributed by atoms with van der Waals surface area (Å²) in [4.78, 5) is 4.19. The van der Waals surface area contributed by atoms with Gasteiger partial charge in [-0.15, -0.1) is 0 Å². The second kappa shape index (κ2) is 6.98. The number of hydrogen-bond donors (Lipinski definition) is 0. The van der Waals surface area contributed by atoms with E-state index in [2.05, 4.69) is 9.17 Å². The van der Waals surface area contributed by atoms with Gasteiger partial charge in [0.05, 0.1) is 0 Å². The molecule has 0 amide bonds. The molecule has 0 bridgehead atoms. The highest BCUT2D eigenvalue weighted by Gasteiger charge is 2.48. The van der Waals surface area contributed by atoms with Crippen molar-refractivity contribution in [3.63, 3.8) is 0 Å². The van der Waals surface area contributed by atoms with Gasteiger partial charge in [-0.05, 0) is 30.7 Å². The molecule has 0 radical (unpaired) electrons. The van der Waals surface area contributed by atoms with Crippen molar-refractivity contribution >= 4 is 21.7 Å². The first-order valence-corrected chi connectivity index (χ1v) is 8.69. The number of nitrogens with zero attached hydrogens (tertiary/aromatic N) is 1. The summed E-state index contributed by atoms with van der Waals surface area (Å²) >= 11 is 5.91. The summed E-state index contributed by atoms with van der Waals surface area (Å²) in [6.45, 7) is 1.92. The molecule has 0 atom stereocenters. The van der Waals surface area contributed by atoms with Crippen LogP contribution in [0.2, 0.25) is 5.02 Å². The first-order valence-electron chi connectivity index (χ1n) is 6.90. The van der Waals surface area contributed by atoms with Crippen molar-refractivity contribution < 1.29 is 25.8 Å². The van der Waals surface area contributed by atoms with Crippen LogP contribution in [0.25, 0.3) is 11.1 Å². The number of hydrogen-bond acceptors (Lipinski definition) is 4. The zero-order valence-electron chi connectivity index (χ0n) is 12.5. The molecule has 0 unspecified atom stereocenters. The molecule has 0 N–H and O–H groups in total. The van der Waals surface area contributed by atoms with E-state index in [9.17, 15) is 21.6 Å². The van der Waals surface area contributed by atoms with Crippen LogP contribution in [-0.2, 0) is 16.5 Å². The van der Waals surface area contributed by atoms with Gasteiger partial charge in [0.1, 0.15) is 0 Å². The van der Waals surface area contributed by atoms with Crippen LogP contribution in [0.4, 0.5) is 13.2 Å². The van der Waals surface area contributed by atoms with Crippen LogP contribution < -0.4 is 4.18 Å². The fraction of sp³-hybridized carbons (Fsp3) is 0.267. The molecule has 24 heavy (non-hydrogen) atoms. The maximum atomic E-state index is 12.6. The van der Waals surface area contributed by atoms with Gasteiger partial charge >= 0.3 is 15.6 Å². The van der Waals surface area contributed by atoms with Crippen molar-refractivity contribution in [1.82, 2.24) is 4.98 Å². The van der Waals surface area contributed by atoms with Crippen LogP contribution in [-0.4, -0.2) is 18.9 Å². The first-order chi connectivity index (χ1) is 11.2. The Morgan fingerprint density at radius 3 is 2.54 bits per heavy atom. The zero-order chi connectivity index (χ0) is 18.0. The molecule has 4 nitrogen and oxygen atoms in total. The molecule has 1 aromatic heterocycles. The molecule has 0 fully saturated rings. The fourth-order valence-corrected chi connectivity index (χ4v) is 2.72. The standard InChI is InChI=1S/C15H13ClF3NO3S/c1-2-4-13-11(5-3-8-20-13)12-9-10(16)6-7-14(12)23-24(21,22)15(17,18)19/h3,5-9H,2,4H2,1H3. The van der Waals surface area contributed by atoms with Gasteiger partial charge in [0.2, 0.25) is 0 Å². The lowest BCUT2D eigenvalue weighted by molar-refractivity contribution is -0.0499.